The number of carboxylic acid groups (broad SMARTS) is 1. The number of nitrogens with zero attached hydrogens (tertiary/aromatic N) is 1. The van der Waals surface area contributed by atoms with Crippen LogP contribution < -0.4 is 5.43 Å². The van der Waals surface area contributed by atoms with Crippen molar-refractivity contribution in [1.82, 2.24) is 5.43 Å². The van der Waals surface area contributed by atoms with Gasteiger partial charge in [-0.2, -0.15) is 5.10 Å². The molecule has 0 unspecified atom stereocenters. The maximum atomic E-state index is 11.6. The molecule has 23 heavy (non-hydrogen) atoms. The fourth-order valence-electron chi connectivity index (χ4n) is 1.79. The van der Waals surface area contributed by atoms with Crippen LogP contribution in [0.1, 0.15) is 11.1 Å². The van der Waals surface area contributed by atoms with Crippen molar-refractivity contribution in [2.75, 3.05) is 0 Å². The summed E-state index contributed by atoms with van der Waals surface area (Å²) in [6.07, 6.45) is 1.67. The van der Waals surface area contributed by atoms with Gasteiger partial charge < -0.3 is 5.11 Å². The number of hydrogen-bond donors (Lipinski definition) is 2. The minimum Gasteiger partial charge on any atom is -0.478 e. The number of nitrogens with one attached hydrogen (secondary N) is 1. The number of carbonyl (C=O) groups excluding carboxylic acids is 1. The van der Waals surface area contributed by atoms with Crippen LogP contribution in [0.4, 0.5) is 0 Å². The second-order valence-corrected chi connectivity index (χ2v) is 5.40. The van der Waals surface area contributed by atoms with E-state index in [0.717, 1.165) is 27.8 Å². The van der Waals surface area contributed by atoms with Gasteiger partial charge in [-0.25, -0.2) is 10.2 Å². The van der Waals surface area contributed by atoms with Gasteiger partial charge in [-0.05, 0) is 12.1 Å². The van der Waals surface area contributed by atoms with Crippen LogP contribution in [-0.2, 0) is 9.59 Å². The highest BCUT2D eigenvalue weighted by molar-refractivity contribution is 9.10. The Morgan fingerprint density at radius 1 is 0.957 bits per heavy atom. The molecule has 0 heterocycles. The van der Waals surface area contributed by atoms with Gasteiger partial charge in [0.15, 0.2) is 0 Å². The second-order valence-electron chi connectivity index (χ2n) is 4.48. The van der Waals surface area contributed by atoms with Crippen molar-refractivity contribution in [2.45, 2.75) is 0 Å². The molecule has 2 aromatic carbocycles. The van der Waals surface area contributed by atoms with Crippen LogP contribution in [0.3, 0.4) is 0 Å². The summed E-state index contributed by atoms with van der Waals surface area (Å²) in [4.78, 5) is 22.0. The number of halogens is 1. The highest BCUT2D eigenvalue weighted by Gasteiger charge is 2.07. The first-order chi connectivity index (χ1) is 11.1. The lowest BCUT2D eigenvalue weighted by molar-refractivity contribution is -0.131. The molecule has 0 aliphatic carbocycles. The van der Waals surface area contributed by atoms with E-state index in [-0.39, 0.29) is 0 Å². The number of hydrazone groups is 1. The minimum atomic E-state index is -1.19. The molecule has 0 fully saturated rings. The Labute approximate surface area is 141 Å². The number of amides is 1. The zero-order valence-electron chi connectivity index (χ0n) is 11.9. The summed E-state index contributed by atoms with van der Waals surface area (Å²) in [5.74, 6) is -1.81. The van der Waals surface area contributed by atoms with E-state index in [1.807, 2.05) is 54.6 Å². The van der Waals surface area contributed by atoms with Gasteiger partial charge in [-0.1, -0.05) is 58.4 Å². The Balaban J connectivity index is 2.30. The molecular formula is C17H13BrN2O3. The molecule has 0 spiro atoms. The Bertz CT molecular complexity index is 753. The van der Waals surface area contributed by atoms with E-state index >= 15 is 0 Å². The molecule has 116 valence electrons. The average molecular weight is 373 g/mol. The molecule has 0 saturated heterocycles. The molecule has 2 aromatic rings. The lowest BCUT2D eigenvalue weighted by atomic mass is 10.0. The van der Waals surface area contributed by atoms with Gasteiger partial charge in [-0.3, -0.25) is 4.79 Å². The van der Waals surface area contributed by atoms with Crippen molar-refractivity contribution >= 4 is 33.5 Å². The zero-order chi connectivity index (χ0) is 16.7. The largest absolute Gasteiger partial charge is 0.478 e. The lowest BCUT2D eigenvalue weighted by Crippen LogP contribution is -2.18. The smallest absolute Gasteiger partial charge is 0.328 e. The minimum absolute atomic E-state index is 0.579. The summed E-state index contributed by atoms with van der Waals surface area (Å²) >= 11 is 3.37. The van der Waals surface area contributed by atoms with Crippen LogP contribution in [0, 0.1) is 0 Å². The van der Waals surface area contributed by atoms with Gasteiger partial charge in [-0.15, -0.1) is 0 Å². The quantitative estimate of drug-likeness (QED) is 0.481. The predicted octanol–water partition coefficient (Wildman–Crippen LogP) is 2.96. The first kappa shape index (κ1) is 16.6. The molecule has 6 heteroatoms. The molecule has 0 aromatic heterocycles. The molecule has 2 N–H and O–H groups in total. The molecule has 0 aliphatic heterocycles. The molecule has 0 aliphatic rings. The SMILES string of the molecule is O=C(O)/C=C\C(=O)N/N=C(\c1ccccc1)c1ccc(Br)cc1. The van der Waals surface area contributed by atoms with Crippen molar-refractivity contribution in [2.24, 2.45) is 5.10 Å². The highest BCUT2D eigenvalue weighted by atomic mass is 79.9. The molecule has 0 radical (unpaired) electrons. The van der Waals surface area contributed by atoms with Crippen molar-refractivity contribution < 1.29 is 14.7 Å². The van der Waals surface area contributed by atoms with E-state index in [9.17, 15) is 9.59 Å². The Kier molecular flexibility index (Phi) is 5.82. The van der Waals surface area contributed by atoms with Gasteiger partial charge in [0.05, 0.1) is 5.71 Å². The average Bonchev–Trinajstić information content (AvgIpc) is 2.55. The van der Waals surface area contributed by atoms with Crippen LogP contribution in [0.15, 0.2) is 76.3 Å². The number of carboxylic acids is 1. The van der Waals surface area contributed by atoms with Gasteiger partial charge in [0.2, 0.25) is 0 Å². The predicted molar refractivity (Wildman–Crippen MR) is 91.1 cm³/mol. The third-order valence-corrected chi connectivity index (χ3v) is 3.35. The Hall–Kier alpha value is -2.73. The molecule has 2 rings (SSSR count). The fourth-order valence-corrected chi connectivity index (χ4v) is 2.06. The number of carbonyl (C=O) groups is 2. The van der Waals surface area contributed by atoms with Crippen LogP contribution in [-0.4, -0.2) is 22.7 Å². The summed E-state index contributed by atoms with van der Waals surface area (Å²) in [6.45, 7) is 0. The van der Waals surface area contributed by atoms with Gasteiger partial charge in [0.25, 0.3) is 5.91 Å². The van der Waals surface area contributed by atoms with Gasteiger partial charge >= 0.3 is 5.97 Å². The standard InChI is InChI=1S/C17H13BrN2O3/c18-14-8-6-13(7-9-14)17(12-4-2-1-3-5-12)20-19-15(21)10-11-16(22)23/h1-11H,(H,19,21)(H,22,23)/b11-10-,20-17+. The van der Waals surface area contributed by atoms with Crippen LogP contribution in [0.25, 0.3) is 0 Å². The normalized spacial score (nSPS) is 11.4. The molecular weight excluding hydrogens is 360 g/mol. The first-order valence-electron chi connectivity index (χ1n) is 6.66. The summed E-state index contributed by atoms with van der Waals surface area (Å²) in [7, 11) is 0. The maximum Gasteiger partial charge on any atom is 0.328 e. The highest BCUT2D eigenvalue weighted by Crippen LogP contribution is 2.15. The molecule has 5 nitrogen and oxygen atoms in total. The van der Waals surface area contributed by atoms with E-state index in [1.54, 1.807) is 0 Å². The number of rotatable bonds is 5. The number of benzene rings is 2. The van der Waals surface area contributed by atoms with Gasteiger partial charge in [0.1, 0.15) is 0 Å². The lowest BCUT2D eigenvalue weighted by Gasteiger charge is -2.07. The molecule has 0 bridgehead atoms. The van der Waals surface area contributed by atoms with Crippen LogP contribution in [0.5, 0.6) is 0 Å². The number of hydrogen-bond acceptors (Lipinski definition) is 3. The van der Waals surface area contributed by atoms with E-state index in [2.05, 4.69) is 26.5 Å². The zero-order valence-corrected chi connectivity index (χ0v) is 13.5. The summed E-state index contributed by atoms with van der Waals surface area (Å²) in [5, 5.41) is 12.6. The molecule has 1 amide bonds. The summed E-state index contributed by atoms with van der Waals surface area (Å²) in [5.41, 5.74) is 4.57. The maximum absolute atomic E-state index is 11.6. The number of aliphatic carboxylic acids is 1. The Morgan fingerprint density at radius 3 is 2.17 bits per heavy atom. The summed E-state index contributed by atoms with van der Waals surface area (Å²) < 4.78 is 0.932. The first-order valence-corrected chi connectivity index (χ1v) is 7.45. The van der Waals surface area contributed by atoms with Crippen molar-refractivity contribution in [3.63, 3.8) is 0 Å². The van der Waals surface area contributed by atoms with E-state index < -0.39 is 11.9 Å². The second kappa shape index (κ2) is 8.05. The summed E-state index contributed by atoms with van der Waals surface area (Å²) in [6, 6.07) is 16.9. The van der Waals surface area contributed by atoms with Crippen LogP contribution >= 0.6 is 15.9 Å². The van der Waals surface area contributed by atoms with Crippen molar-refractivity contribution in [3.8, 4) is 0 Å². The van der Waals surface area contributed by atoms with Gasteiger partial charge in [0, 0.05) is 27.8 Å². The fraction of sp³-hybridized carbons (Fsp3) is 0. The molecule has 0 atom stereocenters. The third kappa shape index (κ3) is 5.19. The van der Waals surface area contributed by atoms with E-state index in [0.29, 0.717) is 5.71 Å². The monoisotopic (exact) mass is 372 g/mol. The third-order valence-electron chi connectivity index (χ3n) is 2.82. The molecule has 0 saturated carbocycles. The topological polar surface area (TPSA) is 78.8 Å². The van der Waals surface area contributed by atoms with Crippen molar-refractivity contribution in [1.29, 1.82) is 0 Å². The van der Waals surface area contributed by atoms with E-state index in [4.69, 9.17) is 5.11 Å². The van der Waals surface area contributed by atoms with Crippen LogP contribution in [0.2, 0.25) is 0 Å². The van der Waals surface area contributed by atoms with Crippen molar-refractivity contribution in [3.05, 3.63) is 82.3 Å². The Morgan fingerprint density at radius 2 is 1.57 bits per heavy atom. The van der Waals surface area contributed by atoms with E-state index in [1.165, 1.54) is 0 Å².